The molecule has 2 aromatic heterocycles. The summed E-state index contributed by atoms with van der Waals surface area (Å²) in [6.45, 7) is 3.07. The zero-order valence-electron chi connectivity index (χ0n) is 14.3. The van der Waals surface area contributed by atoms with Gasteiger partial charge in [0.2, 0.25) is 0 Å². The van der Waals surface area contributed by atoms with Crippen molar-refractivity contribution in [2.45, 2.75) is 0 Å². The highest BCUT2D eigenvalue weighted by Gasteiger charge is 2.24. The molecule has 1 aliphatic rings. The average Bonchev–Trinajstić information content (AvgIpc) is 3.36. The summed E-state index contributed by atoms with van der Waals surface area (Å²) in [7, 11) is 0. The van der Waals surface area contributed by atoms with Gasteiger partial charge in [-0.2, -0.15) is 5.10 Å². The normalized spacial score (nSPS) is 15.1. The van der Waals surface area contributed by atoms with Crippen LogP contribution < -0.4 is 4.90 Å². The van der Waals surface area contributed by atoms with Gasteiger partial charge in [-0.1, -0.05) is 18.2 Å². The SMILES string of the molecule is O=C(c1cccc2[nH]ncc12)N1CCN(c2cccc3cc[nH]c23)CC1. The topological polar surface area (TPSA) is 68.0 Å². The van der Waals surface area contributed by atoms with Crippen LogP contribution >= 0.6 is 0 Å². The minimum Gasteiger partial charge on any atom is -0.366 e. The fourth-order valence-electron chi connectivity index (χ4n) is 3.81. The number of nitrogens with zero attached hydrogens (tertiary/aromatic N) is 3. The molecule has 4 aromatic rings. The molecule has 0 spiro atoms. The van der Waals surface area contributed by atoms with Gasteiger partial charge in [0.05, 0.1) is 28.5 Å². The third-order valence-corrected chi connectivity index (χ3v) is 5.19. The van der Waals surface area contributed by atoms with Crippen molar-refractivity contribution in [2.24, 2.45) is 0 Å². The molecule has 6 nitrogen and oxygen atoms in total. The summed E-state index contributed by atoms with van der Waals surface area (Å²) < 4.78 is 0. The fraction of sp³-hybridized carbons (Fsp3) is 0.200. The number of hydrogen-bond acceptors (Lipinski definition) is 3. The van der Waals surface area contributed by atoms with E-state index in [0.29, 0.717) is 13.1 Å². The van der Waals surface area contributed by atoms with E-state index in [1.54, 1.807) is 6.20 Å². The van der Waals surface area contributed by atoms with Crippen LogP contribution in [0.15, 0.2) is 54.9 Å². The van der Waals surface area contributed by atoms with E-state index in [-0.39, 0.29) is 5.91 Å². The molecule has 26 heavy (non-hydrogen) atoms. The monoisotopic (exact) mass is 345 g/mol. The summed E-state index contributed by atoms with van der Waals surface area (Å²) in [5.41, 5.74) is 3.98. The lowest BCUT2D eigenvalue weighted by atomic mass is 10.1. The summed E-state index contributed by atoms with van der Waals surface area (Å²) in [5, 5.41) is 9.09. The van der Waals surface area contributed by atoms with Crippen LogP contribution in [0.3, 0.4) is 0 Å². The molecule has 1 aliphatic heterocycles. The number of aromatic nitrogens is 3. The highest BCUT2D eigenvalue weighted by Crippen LogP contribution is 2.27. The van der Waals surface area contributed by atoms with Gasteiger partial charge in [-0.25, -0.2) is 0 Å². The van der Waals surface area contributed by atoms with Crippen LogP contribution in [0.5, 0.6) is 0 Å². The van der Waals surface area contributed by atoms with Crippen molar-refractivity contribution in [2.75, 3.05) is 31.1 Å². The number of nitrogens with one attached hydrogen (secondary N) is 2. The summed E-state index contributed by atoms with van der Waals surface area (Å²) in [4.78, 5) is 20.6. The average molecular weight is 345 g/mol. The van der Waals surface area contributed by atoms with Gasteiger partial charge < -0.3 is 14.8 Å². The Labute approximate surface area is 150 Å². The molecule has 1 saturated heterocycles. The molecular formula is C20H19N5O. The van der Waals surface area contributed by atoms with Gasteiger partial charge in [-0.3, -0.25) is 9.89 Å². The zero-order valence-corrected chi connectivity index (χ0v) is 14.3. The van der Waals surface area contributed by atoms with Crippen molar-refractivity contribution in [3.8, 4) is 0 Å². The van der Waals surface area contributed by atoms with E-state index in [4.69, 9.17) is 0 Å². The number of carbonyl (C=O) groups is 1. The molecule has 0 aliphatic carbocycles. The molecule has 0 unspecified atom stereocenters. The predicted octanol–water partition coefficient (Wildman–Crippen LogP) is 3.01. The quantitative estimate of drug-likeness (QED) is 0.587. The summed E-state index contributed by atoms with van der Waals surface area (Å²) in [6, 6.07) is 14.1. The molecule has 130 valence electrons. The number of amides is 1. The van der Waals surface area contributed by atoms with Crippen LogP contribution in [-0.4, -0.2) is 52.2 Å². The molecule has 1 amide bonds. The summed E-state index contributed by atoms with van der Waals surface area (Å²) in [6.07, 6.45) is 3.70. The highest BCUT2D eigenvalue weighted by molar-refractivity contribution is 6.06. The van der Waals surface area contributed by atoms with Gasteiger partial charge in [-0.15, -0.1) is 0 Å². The maximum Gasteiger partial charge on any atom is 0.254 e. The van der Waals surface area contributed by atoms with E-state index in [1.807, 2.05) is 29.3 Å². The molecule has 2 N–H and O–H groups in total. The van der Waals surface area contributed by atoms with Crippen molar-refractivity contribution in [1.29, 1.82) is 0 Å². The maximum atomic E-state index is 13.0. The minimum absolute atomic E-state index is 0.0785. The summed E-state index contributed by atoms with van der Waals surface area (Å²) in [5.74, 6) is 0.0785. The van der Waals surface area contributed by atoms with E-state index < -0.39 is 0 Å². The zero-order chi connectivity index (χ0) is 17.5. The molecule has 6 heteroatoms. The Bertz CT molecular complexity index is 1090. The molecular weight excluding hydrogens is 326 g/mol. The van der Waals surface area contributed by atoms with Crippen LogP contribution in [0.2, 0.25) is 0 Å². The van der Waals surface area contributed by atoms with Gasteiger partial charge in [-0.05, 0) is 24.3 Å². The van der Waals surface area contributed by atoms with Crippen molar-refractivity contribution in [3.05, 3.63) is 60.4 Å². The van der Waals surface area contributed by atoms with Crippen LogP contribution in [0.1, 0.15) is 10.4 Å². The Kier molecular flexibility index (Phi) is 3.41. The molecule has 0 radical (unpaired) electrons. The molecule has 0 bridgehead atoms. The maximum absolute atomic E-state index is 13.0. The van der Waals surface area contributed by atoms with Gasteiger partial charge >= 0.3 is 0 Å². The number of rotatable bonds is 2. The largest absolute Gasteiger partial charge is 0.366 e. The van der Waals surface area contributed by atoms with Crippen LogP contribution in [0.4, 0.5) is 5.69 Å². The first kappa shape index (κ1) is 15.0. The molecule has 0 atom stereocenters. The minimum atomic E-state index is 0.0785. The third-order valence-electron chi connectivity index (χ3n) is 5.19. The van der Waals surface area contributed by atoms with Crippen molar-refractivity contribution < 1.29 is 4.79 Å². The second-order valence-corrected chi connectivity index (χ2v) is 6.64. The molecule has 3 heterocycles. The Balaban J connectivity index is 1.36. The fourth-order valence-corrected chi connectivity index (χ4v) is 3.81. The Morgan fingerprint density at radius 3 is 2.73 bits per heavy atom. The first-order valence-electron chi connectivity index (χ1n) is 8.84. The van der Waals surface area contributed by atoms with E-state index >= 15 is 0 Å². The number of benzene rings is 2. The molecule has 5 rings (SSSR count). The number of fused-ring (bicyclic) bond motifs is 2. The molecule has 1 fully saturated rings. The predicted molar refractivity (Wildman–Crippen MR) is 103 cm³/mol. The standard InChI is InChI=1S/C20H19N5O/c26-20(15-4-2-5-17-16(15)13-22-23-17)25-11-9-24(10-12-25)18-6-1-3-14-7-8-21-19(14)18/h1-8,13,21H,9-12H2,(H,22,23). The number of aromatic amines is 2. The van der Waals surface area contributed by atoms with Gasteiger partial charge in [0.15, 0.2) is 0 Å². The van der Waals surface area contributed by atoms with Crippen LogP contribution in [0.25, 0.3) is 21.8 Å². The van der Waals surface area contributed by atoms with Gasteiger partial charge in [0, 0.05) is 43.1 Å². The van der Waals surface area contributed by atoms with Crippen molar-refractivity contribution >= 4 is 33.4 Å². The van der Waals surface area contributed by atoms with Gasteiger partial charge in [0.1, 0.15) is 0 Å². The summed E-state index contributed by atoms with van der Waals surface area (Å²) >= 11 is 0. The Hall–Kier alpha value is -3.28. The Morgan fingerprint density at radius 2 is 1.85 bits per heavy atom. The van der Waals surface area contributed by atoms with Gasteiger partial charge in [0.25, 0.3) is 5.91 Å². The second kappa shape index (κ2) is 5.91. The number of carbonyl (C=O) groups excluding carboxylic acids is 1. The molecule has 0 saturated carbocycles. The van der Waals surface area contributed by atoms with E-state index in [1.165, 1.54) is 11.1 Å². The smallest absolute Gasteiger partial charge is 0.254 e. The Morgan fingerprint density at radius 1 is 1.00 bits per heavy atom. The van der Waals surface area contributed by atoms with E-state index in [9.17, 15) is 4.79 Å². The third kappa shape index (κ3) is 2.34. The highest BCUT2D eigenvalue weighted by atomic mass is 16.2. The van der Waals surface area contributed by atoms with E-state index in [0.717, 1.165) is 35.1 Å². The lowest BCUT2D eigenvalue weighted by molar-refractivity contribution is 0.0749. The van der Waals surface area contributed by atoms with Crippen molar-refractivity contribution in [3.63, 3.8) is 0 Å². The van der Waals surface area contributed by atoms with Crippen LogP contribution in [0, 0.1) is 0 Å². The number of H-pyrrole nitrogens is 2. The number of hydrogen-bond donors (Lipinski definition) is 2. The first-order valence-corrected chi connectivity index (χ1v) is 8.84. The lowest BCUT2D eigenvalue weighted by Gasteiger charge is -2.36. The first-order chi connectivity index (χ1) is 12.8. The second-order valence-electron chi connectivity index (χ2n) is 6.64. The number of anilines is 1. The van der Waals surface area contributed by atoms with E-state index in [2.05, 4.69) is 44.3 Å². The van der Waals surface area contributed by atoms with Crippen LogP contribution in [-0.2, 0) is 0 Å². The van der Waals surface area contributed by atoms with Crippen molar-refractivity contribution in [1.82, 2.24) is 20.1 Å². The number of para-hydroxylation sites is 1. The number of piperazine rings is 1. The lowest BCUT2D eigenvalue weighted by Crippen LogP contribution is -2.48. The molecule has 2 aromatic carbocycles.